The van der Waals surface area contributed by atoms with Gasteiger partial charge in [-0.2, -0.15) is 0 Å². The van der Waals surface area contributed by atoms with Crippen LogP contribution in [0.15, 0.2) is 0 Å². The summed E-state index contributed by atoms with van der Waals surface area (Å²) >= 11 is 0. The predicted octanol–water partition coefficient (Wildman–Crippen LogP) is 2.13. The maximum Gasteiger partial charge on any atom is 0.242 e. The molecule has 2 aliphatic carbocycles. The molecule has 0 bridgehead atoms. The molecule has 2 saturated carbocycles. The van der Waals surface area contributed by atoms with Gasteiger partial charge in [0.15, 0.2) is 0 Å². The van der Waals surface area contributed by atoms with Crippen molar-refractivity contribution < 1.29 is 9.59 Å². The summed E-state index contributed by atoms with van der Waals surface area (Å²) in [6.45, 7) is 1.78. The molecule has 0 aromatic heterocycles. The average Bonchev–Trinajstić information content (AvgIpc) is 2.92. The molecule has 0 saturated heterocycles. The van der Waals surface area contributed by atoms with Crippen LogP contribution in [-0.2, 0) is 9.59 Å². The zero-order valence-electron chi connectivity index (χ0n) is 11.9. The van der Waals surface area contributed by atoms with Gasteiger partial charge in [-0.1, -0.05) is 32.1 Å². The van der Waals surface area contributed by atoms with Gasteiger partial charge in [0.05, 0.1) is 0 Å². The lowest BCUT2D eigenvalue weighted by Gasteiger charge is -2.23. The first-order valence-electron chi connectivity index (χ1n) is 7.77. The Labute approximate surface area is 115 Å². The Kier molecular flexibility index (Phi) is 5.23. The van der Waals surface area contributed by atoms with Crippen molar-refractivity contribution in [1.29, 1.82) is 0 Å². The minimum absolute atomic E-state index is 0.0314. The van der Waals surface area contributed by atoms with Gasteiger partial charge in [0.25, 0.3) is 0 Å². The van der Waals surface area contributed by atoms with Crippen molar-refractivity contribution in [2.75, 3.05) is 0 Å². The summed E-state index contributed by atoms with van der Waals surface area (Å²) in [6, 6.07) is -0.0865. The Morgan fingerprint density at radius 1 is 0.947 bits per heavy atom. The van der Waals surface area contributed by atoms with E-state index in [1.54, 1.807) is 6.92 Å². The summed E-state index contributed by atoms with van der Waals surface area (Å²) < 4.78 is 0. The van der Waals surface area contributed by atoms with Gasteiger partial charge in [-0.3, -0.25) is 9.59 Å². The van der Waals surface area contributed by atoms with Crippen LogP contribution in [0.2, 0.25) is 0 Å². The van der Waals surface area contributed by atoms with Crippen LogP contribution in [0.1, 0.15) is 64.7 Å². The lowest BCUT2D eigenvalue weighted by Crippen LogP contribution is -2.49. The Balaban J connectivity index is 1.73. The zero-order valence-corrected chi connectivity index (χ0v) is 11.9. The minimum Gasteiger partial charge on any atom is -0.352 e. The average molecular weight is 266 g/mol. The number of hydrogen-bond acceptors (Lipinski definition) is 2. The second-order valence-corrected chi connectivity index (χ2v) is 6.06. The molecule has 2 N–H and O–H groups in total. The summed E-state index contributed by atoms with van der Waals surface area (Å²) in [6.07, 6.45) is 10.0. The predicted molar refractivity (Wildman–Crippen MR) is 74.6 cm³/mol. The second kappa shape index (κ2) is 6.92. The van der Waals surface area contributed by atoms with Gasteiger partial charge in [0.2, 0.25) is 11.8 Å². The van der Waals surface area contributed by atoms with Crippen molar-refractivity contribution in [2.24, 2.45) is 5.92 Å². The van der Waals surface area contributed by atoms with Crippen LogP contribution < -0.4 is 10.6 Å². The standard InChI is InChI=1S/C15H26N2O2/c1-11(14(18)17-13-9-5-6-10-13)16-15(19)12-7-3-2-4-8-12/h11-13H,2-10H2,1H3,(H,16,19)(H,17,18). The summed E-state index contributed by atoms with van der Waals surface area (Å²) in [5.74, 6) is 0.153. The normalized spacial score (nSPS) is 23.0. The molecule has 19 heavy (non-hydrogen) atoms. The molecule has 0 spiro atoms. The van der Waals surface area contributed by atoms with Crippen LogP contribution in [0.4, 0.5) is 0 Å². The fourth-order valence-corrected chi connectivity index (χ4v) is 3.16. The van der Waals surface area contributed by atoms with Crippen LogP contribution in [0.5, 0.6) is 0 Å². The van der Waals surface area contributed by atoms with Gasteiger partial charge in [-0.05, 0) is 32.6 Å². The lowest BCUT2D eigenvalue weighted by atomic mass is 9.88. The highest BCUT2D eigenvalue weighted by molar-refractivity contribution is 5.88. The molecule has 2 fully saturated rings. The topological polar surface area (TPSA) is 58.2 Å². The third kappa shape index (κ3) is 4.22. The van der Waals surface area contributed by atoms with Crippen molar-refractivity contribution in [1.82, 2.24) is 10.6 Å². The van der Waals surface area contributed by atoms with E-state index in [0.29, 0.717) is 6.04 Å². The molecule has 0 radical (unpaired) electrons. The Morgan fingerprint density at radius 2 is 1.53 bits per heavy atom. The van der Waals surface area contributed by atoms with E-state index >= 15 is 0 Å². The van der Waals surface area contributed by atoms with Crippen LogP contribution in [0.3, 0.4) is 0 Å². The third-order valence-corrected chi connectivity index (χ3v) is 4.43. The number of rotatable bonds is 4. The summed E-state index contributed by atoms with van der Waals surface area (Å²) in [4.78, 5) is 24.1. The highest BCUT2D eigenvalue weighted by Gasteiger charge is 2.25. The van der Waals surface area contributed by atoms with Crippen LogP contribution in [-0.4, -0.2) is 23.9 Å². The molecule has 0 aromatic rings. The fraction of sp³-hybridized carbons (Fsp3) is 0.867. The molecule has 2 amide bonds. The molecule has 4 nitrogen and oxygen atoms in total. The largest absolute Gasteiger partial charge is 0.352 e. The van der Waals surface area contributed by atoms with Gasteiger partial charge in [0, 0.05) is 12.0 Å². The second-order valence-electron chi connectivity index (χ2n) is 6.06. The molecule has 108 valence electrons. The molecule has 0 aromatic carbocycles. The molecule has 2 aliphatic rings. The van der Waals surface area contributed by atoms with E-state index in [-0.39, 0.29) is 17.7 Å². The SMILES string of the molecule is CC(NC(=O)C1CCCCC1)C(=O)NC1CCCC1. The van der Waals surface area contributed by atoms with E-state index in [2.05, 4.69) is 10.6 Å². The van der Waals surface area contributed by atoms with Crippen molar-refractivity contribution in [2.45, 2.75) is 76.8 Å². The maximum atomic E-state index is 12.1. The van der Waals surface area contributed by atoms with Crippen molar-refractivity contribution in [3.63, 3.8) is 0 Å². The summed E-state index contributed by atoms with van der Waals surface area (Å²) in [5, 5.41) is 5.91. The Bertz CT molecular complexity index is 318. The molecular formula is C15H26N2O2. The van der Waals surface area contributed by atoms with Crippen LogP contribution >= 0.6 is 0 Å². The molecule has 1 unspecified atom stereocenters. The first-order chi connectivity index (χ1) is 9.16. The van der Waals surface area contributed by atoms with E-state index in [1.165, 1.54) is 19.3 Å². The molecule has 0 aliphatic heterocycles. The van der Waals surface area contributed by atoms with Gasteiger partial charge in [0.1, 0.15) is 6.04 Å². The number of amides is 2. The molecule has 0 heterocycles. The van der Waals surface area contributed by atoms with E-state index in [9.17, 15) is 9.59 Å². The highest BCUT2D eigenvalue weighted by atomic mass is 16.2. The molecule has 4 heteroatoms. The monoisotopic (exact) mass is 266 g/mol. The highest BCUT2D eigenvalue weighted by Crippen LogP contribution is 2.23. The maximum absolute atomic E-state index is 12.1. The van der Waals surface area contributed by atoms with E-state index in [0.717, 1.165) is 38.5 Å². The fourth-order valence-electron chi connectivity index (χ4n) is 3.16. The van der Waals surface area contributed by atoms with Crippen LogP contribution in [0, 0.1) is 5.92 Å². The van der Waals surface area contributed by atoms with E-state index < -0.39 is 6.04 Å². The van der Waals surface area contributed by atoms with Gasteiger partial charge in [-0.25, -0.2) is 0 Å². The molecule has 1 atom stereocenters. The van der Waals surface area contributed by atoms with E-state index in [1.807, 2.05) is 0 Å². The first-order valence-corrected chi connectivity index (χ1v) is 7.77. The van der Waals surface area contributed by atoms with E-state index in [4.69, 9.17) is 0 Å². The number of carbonyl (C=O) groups is 2. The smallest absolute Gasteiger partial charge is 0.242 e. The zero-order chi connectivity index (χ0) is 13.7. The molecular weight excluding hydrogens is 240 g/mol. The Morgan fingerprint density at radius 3 is 2.16 bits per heavy atom. The third-order valence-electron chi connectivity index (χ3n) is 4.43. The lowest BCUT2D eigenvalue weighted by molar-refractivity contribution is -0.131. The van der Waals surface area contributed by atoms with Gasteiger partial charge >= 0.3 is 0 Å². The van der Waals surface area contributed by atoms with Gasteiger partial charge in [-0.15, -0.1) is 0 Å². The van der Waals surface area contributed by atoms with Crippen LogP contribution in [0.25, 0.3) is 0 Å². The summed E-state index contributed by atoms with van der Waals surface area (Å²) in [5.41, 5.74) is 0. The number of carbonyl (C=O) groups excluding carboxylic acids is 2. The number of hydrogen-bond donors (Lipinski definition) is 2. The van der Waals surface area contributed by atoms with Crippen molar-refractivity contribution in [3.05, 3.63) is 0 Å². The molecule has 2 rings (SSSR count). The van der Waals surface area contributed by atoms with Gasteiger partial charge < -0.3 is 10.6 Å². The number of nitrogens with one attached hydrogen (secondary N) is 2. The first kappa shape index (κ1) is 14.4. The van der Waals surface area contributed by atoms with Crippen molar-refractivity contribution in [3.8, 4) is 0 Å². The summed E-state index contributed by atoms with van der Waals surface area (Å²) in [7, 11) is 0. The minimum atomic E-state index is -0.407. The van der Waals surface area contributed by atoms with Crippen molar-refractivity contribution >= 4 is 11.8 Å². The quantitative estimate of drug-likeness (QED) is 0.819. The Hall–Kier alpha value is -1.06.